The molecule has 3 heteroatoms. The van der Waals surface area contributed by atoms with Crippen LogP contribution in [0.15, 0.2) is 36.5 Å². The van der Waals surface area contributed by atoms with Gasteiger partial charge >= 0.3 is 0 Å². The van der Waals surface area contributed by atoms with Crippen LogP contribution in [-0.4, -0.2) is 14.9 Å². The van der Waals surface area contributed by atoms with Gasteiger partial charge in [0, 0.05) is 17.7 Å². The summed E-state index contributed by atoms with van der Waals surface area (Å²) in [6.07, 6.45) is 2.98. The fourth-order valence-electron chi connectivity index (χ4n) is 1.65. The average Bonchev–Trinajstić information content (AvgIpc) is 2.79. The Labute approximate surface area is 102 Å². The number of hydrogen-bond donors (Lipinski definition) is 1. The Morgan fingerprint density at radius 2 is 2.06 bits per heavy atom. The number of rotatable bonds is 3. The molecule has 2 aromatic rings. The topological polar surface area (TPSA) is 38.0 Å². The first-order chi connectivity index (χ1) is 8.03. The molecule has 0 unspecified atom stereocenters. The van der Waals surface area contributed by atoms with Crippen molar-refractivity contribution in [2.75, 3.05) is 0 Å². The minimum absolute atomic E-state index is 0.0854. The summed E-state index contributed by atoms with van der Waals surface area (Å²) in [5, 5.41) is 14.0. The lowest BCUT2D eigenvalue weighted by atomic mass is 9.87. The SMILES string of the molecule is CCC(C)(C)c1ccn(-c2cccc(O)c2)n1. The smallest absolute Gasteiger partial charge is 0.117 e. The van der Waals surface area contributed by atoms with Gasteiger partial charge in [0.15, 0.2) is 0 Å². The highest BCUT2D eigenvalue weighted by Crippen LogP contribution is 2.25. The molecule has 0 fully saturated rings. The van der Waals surface area contributed by atoms with Gasteiger partial charge in [-0.2, -0.15) is 5.10 Å². The molecular weight excluding hydrogens is 212 g/mol. The van der Waals surface area contributed by atoms with Crippen molar-refractivity contribution < 1.29 is 5.11 Å². The quantitative estimate of drug-likeness (QED) is 0.878. The molecule has 0 aliphatic carbocycles. The maximum Gasteiger partial charge on any atom is 0.117 e. The first-order valence-electron chi connectivity index (χ1n) is 5.88. The molecule has 1 aromatic carbocycles. The fraction of sp³-hybridized carbons (Fsp3) is 0.357. The van der Waals surface area contributed by atoms with Crippen molar-refractivity contribution in [3.8, 4) is 11.4 Å². The van der Waals surface area contributed by atoms with E-state index in [9.17, 15) is 5.11 Å². The summed E-state index contributed by atoms with van der Waals surface area (Å²) >= 11 is 0. The van der Waals surface area contributed by atoms with Crippen molar-refractivity contribution in [3.05, 3.63) is 42.2 Å². The lowest BCUT2D eigenvalue weighted by Gasteiger charge is -2.19. The fourth-order valence-corrected chi connectivity index (χ4v) is 1.65. The Morgan fingerprint density at radius 1 is 1.29 bits per heavy atom. The van der Waals surface area contributed by atoms with Gasteiger partial charge in [-0.1, -0.05) is 26.8 Å². The van der Waals surface area contributed by atoms with Crippen molar-refractivity contribution >= 4 is 0 Å². The number of phenols is 1. The van der Waals surface area contributed by atoms with E-state index in [2.05, 4.69) is 25.9 Å². The first-order valence-corrected chi connectivity index (χ1v) is 5.88. The van der Waals surface area contributed by atoms with Gasteiger partial charge in [0.2, 0.25) is 0 Å². The van der Waals surface area contributed by atoms with E-state index >= 15 is 0 Å². The Bertz CT molecular complexity index is 514. The van der Waals surface area contributed by atoms with Crippen LogP contribution in [0.3, 0.4) is 0 Å². The lowest BCUT2D eigenvalue weighted by molar-refractivity contribution is 0.474. The van der Waals surface area contributed by atoms with Crippen LogP contribution in [-0.2, 0) is 5.41 Å². The molecule has 1 N–H and O–H groups in total. The highest BCUT2D eigenvalue weighted by Gasteiger charge is 2.21. The molecule has 0 amide bonds. The summed E-state index contributed by atoms with van der Waals surface area (Å²) in [5.74, 6) is 0.259. The Morgan fingerprint density at radius 3 is 2.71 bits per heavy atom. The van der Waals surface area contributed by atoms with E-state index < -0.39 is 0 Å². The van der Waals surface area contributed by atoms with Crippen molar-refractivity contribution in [3.63, 3.8) is 0 Å². The van der Waals surface area contributed by atoms with Crippen molar-refractivity contribution in [1.82, 2.24) is 9.78 Å². The first kappa shape index (κ1) is 11.7. The number of aromatic nitrogens is 2. The van der Waals surface area contributed by atoms with Crippen LogP contribution >= 0.6 is 0 Å². The summed E-state index contributed by atoms with van der Waals surface area (Å²) in [7, 11) is 0. The normalized spacial score (nSPS) is 11.7. The molecule has 0 saturated heterocycles. The maximum atomic E-state index is 9.45. The summed E-state index contributed by atoms with van der Waals surface area (Å²) < 4.78 is 1.80. The van der Waals surface area contributed by atoms with E-state index in [4.69, 9.17) is 0 Å². The van der Waals surface area contributed by atoms with Crippen LogP contribution in [0.25, 0.3) is 5.69 Å². The third-order valence-corrected chi connectivity index (χ3v) is 3.26. The number of phenolic OH excluding ortho intramolecular Hbond substituents is 1. The number of aromatic hydroxyl groups is 1. The second kappa shape index (κ2) is 4.24. The lowest BCUT2D eigenvalue weighted by Crippen LogP contribution is -2.16. The third kappa shape index (κ3) is 2.33. The van der Waals surface area contributed by atoms with Crippen LogP contribution in [0.5, 0.6) is 5.75 Å². The molecule has 1 heterocycles. The van der Waals surface area contributed by atoms with Gasteiger partial charge in [-0.25, -0.2) is 4.68 Å². The van der Waals surface area contributed by atoms with E-state index in [1.165, 1.54) is 0 Å². The molecule has 0 aliphatic heterocycles. The summed E-state index contributed by atoms with van der Waals surface area (Å²) in [5.41, 5.74) is 2.04. The Hall–Kier alpha value is -1.77. The molecule has 0 spiro atoms. The van der Waals surface area contributed by atoms with Gasteiger partial charge in [-0.05, 0) is 24.6 Å². The van der Waals surface area contributed by atoms with Crippen LogP contribution in [0.2, 0.25) is 0 Å². The maximum absolute atomic E-state index is 9.45. The third-order valence-electron chi connectivity index (χ3n) is 3.26. The molecule has 3 nitrogen and oxygen atoms in total. The van der Waals surface area contributed by atoms with Crippen LogP contribution in [0.4, 0.5) is 0 Å². The molecule has 0 bridgehead atoms. The molecule has 0 saturated carbocycles. The summed E-state index contributed by atoms with van der Waals surface area (Å²) in [6.45, 7) is 6.53. The minimum atomic E-state index is 0.0854. The zero-order chi connectivity index (χ0) is 12.5. The van der Waals surface area contributed by atoms with Gasteiger partial charge in [0.05, 0.1) is 11.4 Å². The zero-order valence-electron chi connectivity index (χ0n) is 10.5. The predicted molar refractivity (Wildman–Crippen MR) is 68.5 cm³/mol. The van der Waals surface area contributed by atoms with E-state index in [0.717, 1.165) is 17.8 Å². The second-order valence-corrected chi connectivity index (χ2v) is 4.90. The van der Waals surface area contributed by atoms with E-state index in [1.54, 1.807) is 16.8 Å². The monoisotopic (exact) mass is 230 g/mol. The van der Waals surface area contributed by atoms with Gasteiger partial charge < -0.3 is 5.11 Å². The molecule has 0 radical (unpaired) electrons. The second-order valence-electron chi connectivity index (χ2n) is 4.90. The van der Waals surface area contributed by atoms with Crippen LogP contribution < -0.4 is 0 Å². The average molecular weight is 230 g/mol. The molecule has 90 valence electrons. The molecule has 17 heavy (non-hydrogen) atoms. The molecule has 2 rings (SSSR count). The van der Waals surface area contributed by atoms with Crippen LogP contribution in [0.1, 0.15) is 32.9 Å². The highest BCUT2D eigenvalue weighted by molar-refractivity contribution is 5.38. The van der Waals surface area contributed by atoms with E-state index in [1.807, 2.05) is 24.4 Å². The van der Waals surface area contributed by atoms with Gasteiger partial charge in [-0.15, -0.1) is 0 Å². The van der Waals surface area contributed by atoms with Crippen molar-refractivity contribution in [2.45, 2.75) is 32.6 Å². The van der Waals surface area contributed by atoms with Gasteiger partial charge in [0.1, 0.15) is 5.75 Å². The molecular formula is C14H18N2O. The standard InChI is InChI=1S/C14H18N2O/c1-4-14(2,3)13-8-9-16(15-13)11-6-5-7-12(17)10-11/h5-10,17H,4H2,1-3H3. The summed E-state index contributed by atoms with van der Waals surface area (Å²) in [4.78, 5) is 0. The Balaban J connectivity index is 2.36. The zero-order valence-corrected chi connectivity index (χ0v) is 10.5. The molecule has 0 atom stereocenters. The Kier molecular flexibility index (Phi) is 2.92. The minimum Gasteiger partial charge on any atom is -0.508 e. The molecule has 1 aromatic heterocycles. The van der Waals surface area contributed by atoms with Crippen LogP contribution in [0, 0.1) is 0 Å². The summed E-state index contributed by atoms with van der Waals surface area (Å²) in [6, 6.07) is 9.14. The van der Waals surface area contributed by atoms with E-state index in [-0.39, 0.29) is 11.2 Å². The van der Waals surface area contributed by atoms with E-state index in [0.29, 0.717) is 0 Å². The van der Waals surface area contributed by atoms with Gasteiger partial charge in [-0.3, -0.25) is 0 Å². The number of hydrogen-bond acceptors (Lipinski definition) is 2. The van der Waals surface area contributed by atoms with Crippen molar-refractivity contribution in [2.24, 2.45) is 0 Å². The molecule has 0 aliphatic rings. The predicted octanol–water partition coefficient (Wildman–Crippen LogP) is 3.27. The number of benzene rings is 1. The highest BCUT2D eigenvalue weighted by atomic mass is 16.3. The largest absolute Gasteiger partial charge is 0.508 e. The van der Waals surface area contributed by atoms with Gasteiger partial charge in [0.25, 0.3) is 0 Å². The van der Waals surface area contributed by atoms with Crippen molar-refractivity contribution in [1.29, 1.82) is 0 Å². The number of nitrogens with zero attached hydrogens (tertiary/aromatic N) is 2.